The van der Waals surface area contributed by atoms with Gasteiger partial charge in [0.15, 0.2) is 11.5 Å². The average molecular weight is 369 g/mol. The third-order valence-corrected chi connectivity index (χ3v) is 4.93. The van der Waals surface area contributed by atoms with Crippen molar-refractivity contribution in [1.29, 1.82) is 0 Å². The third-order valence-electron chi connectivity index (χ3n) is 4.93. The SMILES string of the molecule is COc1cc(CCC(=O)N[C@@H](c2ccccc2)C2CC2)cc(OC)c1OC. The summed E-state index contributed by atoms with van der Waals surface area (Å²) in [6, 6.07) is 14.1. The van der Waals surface area contributed by atoms with E-state index in [0.717, 1.165) is 5.56 Å². The number of aryl methyl sites for hydroxylation is 1. The first kappa shape index (κ1) is 19.1. The molecule has 0 aliphatic heterocycles. The van der Waals surface area contributed by atoms with Crippen LogP contribution in [-0.4, -0.2) is 27.2 Å². The molecule has 1 aliphatic rings. The predicted octanol–water partition coefficient (Wildman–Crippen LogP) is 3.91. The molecule has 144 valence electrons. The first-order valence-electron chi connectivity index (χ1n) is 9.29. The minimum atomic E-state index is 0.0597. The van der Waals surface area contributed by atoms with Gasteiger partial charge in [-0.2, -0.15) is 0 Å². The van der Waals surface area contributed by atoms with E-state index in [-0.39, 0.29) is 11.9 Å². The van der Waals surface area contributed by atoms with Gasteiger partial charge in [0.25, 0.3) is 0 Å². The van der Waals surface area contributed by atoms with Gasteiger partial charge >= 0.3 is 0 Å². The maximum Gasteiger partial charge on any atom is 0.220 e. The van der Waals surface area contributed by atoms with Crippen molar-refractivity contribution in [2.24, 2.45) is 5.92 Å². The first-order chi connectivity index (χ1) is 13.2. The number of nitrogens with one attached hydrogen (secondary N) is 1. The lowest BCUT2D eigenvalue weighted by atomic mass is 10.0. The number of methoxy groups -OCH3 is 3. The predicted molar refractivity (Wildman–Crippen MR) is 104 cm³/mol. The summed E-state index contributed by atoms with van der Waals surface area (Å²) in [6.07, 6.45) is 3.36. The summed E-state index contributed by atoms with van der Waals surface area (Å²) in [4.78, 5) is 12.6. The van der Waals surface area contributed by atoms with E-state index in [1.54, 1.807) is 21.3 Å². The maximum absolute atomic E-state index is 12.6. The summed E-state index contributed by atoms with van der Waals surface area (Å²) in [5.74, 6) is 2.38. The molecule has 0 saturated heterocycles. The molecule has 3 rings (SSSR count). The zero-order chi connectivity index (χ0) is 19.2. The van der Waals surface area contributed by atoms with Crippen LogP contribution in [-0.2, 0) is 11.2 Å². The fourth-order valence-electron chi connectivity index (χ4n) is 3.35. The Balaban J connectivity index is 1.65. The second-order valence-electron chi connectivity index (χ2n) is 6.83. The van der Waals surface area contributed by atoms with Gasteiger partial charge < -0.3 is 19.5 Å². The molecule has 0 aromatic heterocycles. The Kier molecular flexibility index (Phi) is 6.22. The average Bonchev–Trinajstić information content (AvgIpc) is 3.55. The number of rotatable bonds is 9. The van der Waals surface area contributed by atoms with Gasteiger partial charge in [-0.1, -0.05) is 30.3 Å². The number of carbonyl (C=O) groups is 1. The molecule has 1 N–H and O–H groups in total. The molecule has 1 amide bonds. The van der Waals surface area contributed by atoms with Crippen LogP contribution >= 0.6 is 0 Å². The lowest BCUT2D eigenvalue weighted by molar-refractivity contribution is -0.122. The molecule has 0 spiro atoms. The molecule has 1 atom stereocenters. The maximum atomic E-state index is 12.6. The van der Waals surface area contributed by atoms with Crippen molar-refractivity contribution in [2.75, 3.05) is 21.3 Å². The number of amides is 1. The van der Waals surface area contributed by atoms with Gasteiger partial charge in [-0.15, -0.1) is 0 Å². The minimum absolute atomic E-state index is 0.0597. The number of ether oxygens (including phenoxy) is 3. The summed E-state index contributed by atoms with van der Waals surface area (Å²) in [7, 11) is 4.76. The molecule has 2 aromatic rings. The summed E-state index contributed by atoms with van der Waals surface area (Å²) in [5, 5.41) is 3.22. The van der Waals surface area contributed by atoms with Crippen molar-refractivity contribution in [3.05, 3.63) is 53.6 Å². The van der Waals surface area contributed by atoms with E-state index < -0.39 is 0 Å². The van der Waals surface area contributed by atoms with Gasteiger partial charge in [0.2, 0.25) is 11.7 Å². The smallest absolute Gasteiger partial charge is 0.220 e. The second kappa shape index (κ2) is 8.80. The van der Waals surface area contributed by atoms with Crippen LogP contribution in [0.1, 0.15) is 36.4 Å². The molecular formula is C22H27NO4. The molecule has 1 fully saturated rings. The van der Waals surface area contributed by atoms with Crippen molar-refractivity contribution in [2.45, 2.75) is 31.7 Å². The summed E-state index contributed by atoms with van der Waals surface area (Å²) >= 11 is 0. The molecule has 0 unspecified atom stereocenters. The van der Waals surface area contributed by atoms with E-state index in [0.29, 0.717) is 36.0 Å². The van der Waals surface area contributed by atoms with Gasteiger partial charge in [-0.3, -0.25) is 4.79 Å². The van der Waals surface area contributed by atoms with Gasteiger partial charge in [0.1, 0.15) is 0 Å². The molecule has 0 heterocycles. The number of hydrogen-bond acceptors (Lipinski definition) is 4. The van der Waals surface area contributed by atoms with Crippen molar-refractivity contribution in [1.82, 2.24) is 5.32 Å². The molecule has 27 heavy (non-hydrogen) atoms. The number of carbonyl (C=O) groups excluding carboxylic acids is 1. The van der Waals surface area contributed by atoms with Crippen LogP contribution in [0.4, 0.5) is 0 Å². The Morgan fingerprint density at radius 1 is 1.04 bits per heavy atom. The highest BCUT2D eigenvalue weighted by Gasteiger charge is 2.33. The van der Waals surface area contributed by atoms with Crippen LogP contribution in [0.25, 0.3) is 0 Å². The van der Waals surface area contributed by atoms with E-state index in [2.05, 4.69) is 17.4 Å². The molecule has 0 radical (unpaired) electrons. The minimum Gasteiger partial charge on any atom is -0.493 e. The first-order valence-corrected chi connectivity index (χ1v) is 9.29. The van der Waals surface area contributed by atoms with Gasteiger partial charge in [0.05, 0.1) is 27.4 Å². The second-order valence-corrected chi connectivity index (χ2v) is 6.83. The van der Waals surface area contributed by atoms with Crippen molar-refractivity contribution >= 4 is 5.91 Å². The van der Waals surface area contributed by atoms with E-state index in [1.165, 1.54) is 18.4 Å². The normalized spacial score (nSPS) is 14.3. The molecular weight excluding hydrogens is 342 g/mol. The molecule has 0 bridgehead atoms. The number of benzene rings is 2. The lowest BCUT2D eigenvalue weighted by Crippen LogP contribution is -2.30. The monoisotopic (exact) mass is 369 g/mol. The molecule has 5 nitrogen and oxygen atoms in total. The highest BCUT2D eigenvalue weighted by Crippen LogP contribution is 2.41. The highest BCUT2D eigenvalue weighted by atomic mass is 16.5. The lowest BCUT2D eigenvalue weighted by Gasteiger charge is -2.19. The Hall–Kier alpha value is -2.69. The number of hydrogen-bond donors (Lipinski definition) is 1. The standard InChI is InChI=1S/C22H27NO4/c1-25-18-13-15(14-19(26-2)22(18)27-3)9-12-20(24)23-21(17-10-11-17)16-7-5-4-6-8-16/h4-8,13-14,17,21H,9-12H2,1-3H3,(H,23,24)/t21-/m0/s1. The summed E-state index contributed by atoms with van der Waals surface area (Å²) in [6.45, 7) is 0. The van der Waals surface area contributed by atoms with E-state index >= 15 is 0 Å². The fourth-order valence-corrected chi connectivity index (χ4v) is 3.35. The van der Waals surface area contributed by atoms with Crippen molar-refractivity contribution in [3.63, 3.8) is 0 Å². The molecule has 1 saturated carbocycles. The fraction of sp³-hybridized carbons (Fsp3) is 0.409. The van der Waals surface area contributed by atoms with E-state index in [9.17, 15) is 4.79 Å². The Labute approximate surface area is 160 Å². The molecule has 5 heteroatoms. The Morgan fingerprint density at radius 2 is 1.67 bits per heavy atom. The summed E-state index contributed by atoms with van der Waals surface area (Å²) in [5.41, 5.74) is 2.16. The van der Waals surface area contributed by atoms with Gasteiger partial charge in [-0.25, -0.2) is 0 Å². The quantitative estimate of drug-likeness (QED) is 0.728. The topological polar surface area (TPSA) is 56.8 Å². The van der Waals surface area contributed by atoms with Crippen LogP contribution < -0.4 is 19.5 Å². The van der Waals surface area contributed by atoms with Crippen LogP contribution in [0.2, 0.25) is 0 Å². The van der Waals surface area contributed by atoms with Crippen molar-refractivity contribution < 1.29 is 19.0 Å². The highest BCUT2D eigenvalue weighted by molar-refractivity contribution is 5.77. The van der Waals surface area contributed by atoms with Gasteiger partial charge in [0, 0.05) is 6.42 Å². The van der Waals surface area contributed by atoms with Crippen LogP contribution in [0.15, 0.2) is 42.5 Å². The van der Waals surface area contributed by atoms with Crippen molar-refractivity contribution in [3.8, 4) is 17.2 Å². The zero-order valence-corrected chi connectivity index (χ0v) is 16.2. The van der Waals surface area contributed by atoms with E-state index in [4.69, 9.17) is 14.2 Å². The molecule has 2 aromatic carbocycles. The molecule has 1 aliphatic carbocycles. The summed E-state index contributed by atoms with van der Waals surface area (Å²) < 4.78 is 16.1. The van der Waals surface area contributed by atoms with Crippen LogP contribution in [0, 0.1) is 5.92 Å². The van der Waals surface area contributed by atoms with Crippen LogP contribution in [0.3, 0.4) is 0 Å². The third kappa shape index (κ3) is 4.73. The Morgan fingerprint density at radius 3 is 2.19 bits per heavy atom. The van der Waals surface area contributed by atoms with E-state index in [1.807, 2.05) is 30.3 Å². The van der Waals surface area contributed by atoms with Crippen LogP contribution in [0.5, 0.6) is 17.2 Å². The van der Waals surface area contributed by atoms with Gasteiger partial charge in [-0.05, 0) is 48.4 Å². The Bertz CT molecular complexity index is 746. The largest absolute Gasteiger partial charge is 0.493 e. The zero-order valence-electron chi connectivity index (χ0n) is 16.2.